The Labute approximate surface area is 130 Å². The zero-order valence-electron chi connectivity index (χ0n) is 12.7. The van der Waals surface area contributed by atoms with Crippen LogP contribution in [0.15, 0.2) is 48.5 Å². The van der Waals surface area contributed by atoms with Gasteiger partial charge in [-0.25, -0.2) is 0 Å². The highest BCUT2D eigenvalue weighted by atomic mass is 16.5. The van der Waals surface area contributed by atoms with Gasteiger partial charge in [0.05, 0.1) is 6.42 Å². The standard InChI is InChI=1S/C18H20O4/c1-18(2,11-17(20)21)14-8-9-15(19)16(10-14)22-12-13-6-4-3-5-7-13/h3-10,19H,11-12H2,1-2H3,(H,20,21). The molecule has 2 rings (SSSR count). The summed E-state index contributed by atoms with van der Waals surface area (Å²) in [5.74, 6) is -0.449. The van der Waals surface area contributed by atoms with Crippen LogP contribution in [0.4, 0.5) is 0 Å². The molecule has 0 aliphatic heterocycles. The van der Waals surface area contributed by atoms with Crippen LogP contribution in [0.1, 0.15) is 31.4 Å². The van der Waals surface area contributed by atoms with Crippen LogP contribution < -0.4 is 4.74 Å². The minimum Gasteiger partial charge on any atom is -0.504 e. The maximum Gasteiger partial charge on any atom is 0.304 e. The summed E-state index contributed by atoms with van der Waals surface area (Å²) in [5.41, 5.74) is 1.28. The molecule has 0 fully saturated rings. The molecule has 22 heavy (non-hydrogen) atoms. The molecule has 0 atom stereocenters. The molecule has 2 aromatic carbocycles. The minimum atomic E-state index is -0.857. The molecule has 0 aliphatic carbocycles. The Kier molecular flexibility index (Phi) is 4.71. The summed E-state index contributed by atoms with van der Waals surface area (Å²) < 4.78 is 5.67. The lowest BCUT2D eigenvalue weighted by Gasteiger charge is -2.24. The van der Waals surface area contributed by atoms with Crippen LogP contribution in [0.2, 0.25) is 0 Å². The molecule has 2 N–H and O–H groups in total. The predicted molar refractivity (Wildman–Crippen MR) is 84.2 cm³/mol. The molecule has 0 saturated carbocycles. The number of phenols is 1. The third-order valence-corrected chi connectivity index (χ3v) is 3.57. The number of hydrogen-bond donors (Lipinski definition) is 2. The number of hydrogen-bond acceptors (Lipinski definition) is 3. The van der Waals surface area contributed by atoms with Crippen molar-refractivity contribution in [2.45, 2.75) is 32.3 Å². The van der Waals surface area contributed by atoms with Crippen LogP contribution in [0, 0.1) is 0 Å². The Morgan fingerprint density at radius 1 is 1.14 bits per heavy atom. The number of benzene rings is 2. The van der Waals surface area contributed by atoms with Crippen molar-refractivity contribution in [3.05, 3.63) is 59.7 Å². The summed E-state index contributed by atoms with van der Waals surface area (Å²) in [7, 11) is 0. The molecule has 4 nitrogen and oxygen atoms in total. The normalized spacial score (nSPS) is 11.2. The molecule has 0 aliphatic rings. The second kappa shape index (κ2) is 6.52. The van der Waals surface area contributed by atoms with Crippen molar-refractivity contribution >= 4 is 5.97 Å². The third-order valence-electron chi connectivity index (χ3n) is 3.57. The summed E-state index contributed by atoms with van der Waals surface area (Å²) in [6.45, 7) is 4.06. The molecule has 0 amide bonds. The SMILES string of the molecule is CC(C)(CC(=O)O)c1ccc(O)c(OCc2ccccc2)c1. The highest BCUT2D eigenvalue weighted by Crippen LogP contribution is 2.34. The second-order valence-electron chi connectivity index (χ2n) is 5.91. The lowest BCUT2D eigenvalue weighted by Crippen LogP contribution is -2.21. The summed E-state index contributed by atoms with van der Waals surface area (Å²) in [6, 6.07) is 14.6. The molecule has 116 valence electrons. The number of aromatic hydroxyl groups is 1. The number of rotatable bonds is 6. The van der Waals surface area contributed by atoms with Crippen LogP contribution >= 0.6 is 0 Å². The molecule has 0 bridgehead atoms. The number of carboxylic acid groups (broad SMARTS) is 1. The summed E-state index contributed by atoms with van der Waals surface area (Å²) >= 11 is 0. The predicted octanol–water partition coefficient (Wildman–Crippen LogP) is 3.72. The first kappa shape index (κ1) is 15.9. The average molecular weight is 300 g/mol. The molecule has 0 heterocycles. The number of carbonyl (C=O) groups is 1. The number of phenolic OH excluding ortho intramolecular Hbond substituents is 1. The molecule has 2 aromatic rings. The van der Waals surface area contributed by atoms with E-state index in [0.717, 1.165) is 11.1 Å². The van der Waals surface area contributed by atoms with E-state index in [1.807, 2.05) is 44.2 Å². The first-order valence-corrected chi connectivity index (χ1v) is 7.10. The Balaban J connectivity index is 2.18. The zero-order chi connectivity index (χ0) is 16.2. The zero-order valence-corrected chi connectivity index (χ0v) is 12.7. The van der Waals surface area contributed by atoms with Crippen molar-refractivity contribution in [1.29, 1.82) is 0 Å². The van der Waals surface area contributed by atoms with Crippen molar-refractivity contribution in [3.8, 4) is 11.5 Å². The quantitative estimate of drug-likeness (QED) is 0.853. The topological polar surface area (TPSA) is 66.8 Å². The van der Waals surface area contributed by atoms with Gasteiger partial charge in [-0.1, -0.05) is 50.2 Å². The van der Waals surface area contributed by atoms with Crippen molar-refractivity contribution in [2.24, 2.45) is 0 Å². The fraction of sp³-hybridized carbons (Fsp3) is 0.278. The lowest BCUT2D eigenvalue weighted by molar-refractivity contribution is -0.138. The van der Waals surface area contributed by atoms with Gasteiger partial charge in [0.15, 0.2) is 11.5 Å². The van der Waals surface area contributed by atoms with Gasteiger partial charge in [0.25, 0.3) is 0 Å². The second-order valence-corrected chi connectivity index (χ2v) is 5.91. The lowest BCUT2D eigenvalue weighted by atomic mass is 9.81. The van der Waals surface area contributed by atoms with Crippen LogP contribution in [0.25, 0.3) is 0 Å². The van der Waals surface area contributed by atoms with Crippen LogP contribution in [0.3, 0.4) is 0 Å². The van der Waals surface area contributed by atoms with Gasteiger partial charge in [-0.2, -0.15) is 0 Å². The van der Waals surface area contributed by atoms with E-state index in [2.05, 4.69) is 0 Å². The highest BCUT2D eigenvalue weighted by molar-refractivity contribution is 5.69. The van der Waals surface area contributed by atoms with Gasteiger partial charge >= 0.3 is 5.97 Å². The van der Waals surface area contributed by atoms with E-state index in [1.54, 1.807) is 18.2 Å². The summed E-state index contributed by atoms with van der Waals surface area (Å²) in [6.07, 6.45) is 0.00982. The van der Waals surface area contributed by atoms with Crippen molar-refractivity contribution in [3.63, 3.8) is 0 Å². The van der Waals surface area contributed by atoms with E-state index in [1.165, 1.54) is 0 Å². The van der Waals surface area contributed by atoms with Crippen molar-refractivity contribution in [1.82, 2.24) is 0 Å². The number of carboxylic acids is 1. The van der Waals surface area contributed by atoms with E-state index < -0.39 is 11.4 Å². The largest absolute Gasteiger partial charge is 0.504 e. The first-order chi connectivity index (χ1) is 10.4. The van der Waals surface area contributed by atoms with Crippen LogP contribution in [0.5, 0.6) is 11.5 Å². The molecule has 0 spiro atoms. The van der Waals surface area contributed by atoms with Gasteiger partial charge in [0, 0.05) is 5.41 Å². The Bertz CT molecular complexity index is 647. The van der Waals surface area contributed by atoms with E-state index in [4.69, 9.17) is 9.84 Å². The Morgan fingerprint density at radius 2 is 1.82 bits per heavy atom. The smallest absolute Gasteiger partial charge is 0.304 e. The maximum absolute atomic E-state index is 11.0. The van der Waals surface area contributed by atoms with Crippen molar-refractivity contribution in [2.75, 3.05) is 0 Å². The Hall–Kier alpha value is -2.49. The average Bonchev–Trinajstić information content (AvgIpc) is 2.46. The fourth-order valence-corrected chi connectivity index (χ4v) is 2.27. The van der Waals surface area contributed by atoms with Gasteiger partial charge in [0.2, 0.25) is 0 Å². The third kappa shape index (κ3) is 4.01. The van der Waals surface area contributed by atoms with E-state index in [-0.39, 0.29) is 12.2 Å². The van der Waals surface area contributed by atoms with Gasteiger partial charge in [-0.15, -0.1) is 0 Å². The van der Waals surface area contributed by atoms with E-state index in [9.17, 15) is 9.90 Å². The van der Waals surface area contributed by atoms with Gasteiger partial charge in [0.1, 0.15) is 6.61 Å². The van der Waals surface area contributed by atoms with Crippen LogP contribution in [-0.4, -0.2) is 16.2 Å². The summed E-state index contributed by atoms with van der Waals surface area (Å²) in [4.78, 5) is 11.0. The monoisotopic (exact) mass is 300 g/mol. The number of aliphatic carboxylic acids is 1. The van der Waals surface area contributed by atoms with Gasteiger partial charge in [-0.05, 0) is 23.3 Å². The Morgan fingerprint density at radius 3 is 2.45 bits per heavy atom. The first-order valence-electron chi connectivity index (χ1n) is 7.10. The molecule has 0 saturated heterocycles. The molecular formula is C18H20O4. The molecule has 4 heteroatoms. The summed E-state index contributed by atoms with van der Waals surface area (Å²) in [5, 5.41) is 18.9. The minimum absolute atomic E-state index is 0.00982. The fourth-order valence-electron chi connectivity index (χ4n) is 2.27. The van der Waals surface area contributed by atoms with E-state index >= 15 is 0 Å². The van der Waals surface area contributed by atoms with E-state index in [0.29, 0.717) is 12.4 Å². The molecule has 0 unspecified atom stereocenters. The molecule has 0 aromatic heterocycles. The highest BCUT2D eigenvalue weighted by Gasteiger charge is 2.25. The van der Waals surface area contributed by atoms with Crippen LogP contribution in [-0.2, 0) is 16.8 Å². The van der Waals surface area contributed by atoms with Gasteiger partial charge in [-0.3, -0.25) is 4.79 Å². The van der Waals surface area contributed by atoms with Crippen molar-refractivity contribution < 1.29 is 19.7 Å². The molecular weight excluding hydrogens is 280 g/mol. The molecule has 0 radical (unpaired) electrons. The van der Waals surface area contributed by atoms with Gasteiger partial charge < -0.3 is 14.9 Å². The maximum atomic E-state index is 11.0. The number of ether oxygens (including phenoxy) is 1.